The molecule has 1 aliphatic rings. The molecule has 0 aromatic heterocycles. The summed E-state index contributed by atoms with van der Waals surface area (Å²) >= 11 is 0. The third-order valence-corrected chi connectivity index (χ3v) is 4.85. The van der Waals surface area contributed by atoms with E-state index in [1.165, 1.54) is 4.90 Å². The van der Waals surface area contributed by atoms with E-state index in [2.05, 4.69) is 18.2 Å². The Morgan fingerprint density at radius 3 is 2.48 bits per heavy atom. The molecule has 1 heterocycles. The number of piperazine rings is 1. The highest BCUT2D eigenvalue weighted by atomic mass is 16.2. The fraction of sp³-hybridized carbons (Fsp3) is 0.333. The first-order valence-corrected chi connectivity index (χ1v) is 8.60. The number of amides is 2. The van der Waals surface area contributed by atoms with Gasteiger partial charge < -0.3 is 9.80 Å². The van der Waals surface area contributed by atoms with E-state index in [0.29, 0.717) is 13.0 Å². The summed E-state index contributed by atoms with van der Waals surface area (Å²) in [5, 5.41) is 0. The molecule has 0 saturated carbocycles. The lowest BCUT2D eigenvalue weighted by atomic mass is 9.99. The van der Waals surface area contributed by atoms with E-state index in [-0.39, 0.29) is 18.4 Å². The first-order chi connectivity index (χ1) is 12.0. The average Bonchev–Trinajstić information content (AvgIpc) is 2.59. The van der Waals surface area contributed by atoms with Crippen LogP contribution in [0.5, 0.6) is 0 Å². The Balaban J connectivity index is 1.91. The highest BCUT2D eigenvalue weighted by molar-refractivity contribution is 5.94. The quantitative estimate of drug-likeness (QED) is 0.861. The first kappa shape index (κ1) is 17.2. The first-order valence-electron chi connectivity index (χ1n) is 8.60. The van der Waals surface area contributed by atoms with Gasteiger partial charge in [0.1, 0.15) is 6.04 Å². The van der Waals surface area contributed by atoms with Crippen molar-refractivity contribution in [2.45, 2.75) is 32.9 Å². The maximum Gasteiger partial charge on any atom is 0.245 e. The molecule has 0 aliphatic carbocycles. The topological polar surface area (TPSA) is 40.6 Å². The number of aryl methyl sites for hydroxylation is 2. The summed E-state index contributed by atoms with van der Waals surface area (Å²) in [7, 11) is 1.70. The van der Waals surface area contributed by atoms with Gasteiger partial charge in [-0.2, -0.15) is 0 Å². The maximum atomic E-state index is 12.8. The summed E-state index contributed by atoms with van der Waals surface area (Å²) in [6.45, 7) is 4.71. The molecule has 0 spiro atoms. The zero-order chi connectivity index (χ0) is 18.0. The number of hydrogen-bond acceptors (Lipinski definition) is 2. The monoisotopic (exact) mass is 336 g/mol. The molecule has 4 heteroatoms. The van der Waals surface area contributed by atoms with Crippen LogP contribution in [-0.2, 0) is 22.6 Å². The van der Waals surface area contributed by atoms with Crippen molar-refractivity contribution in [3.8, 4) is 0 Å². The average molecular weight is 336 g/mol. The molecule has 1 aliphatic heterocycles. The normalized spacial score (nSPS) is 18.0. The molecule has 3 rings (SSSR count). The number of rotatable bonds is 4. The third kappa shape index (κ3) is 3.73. The van der Waals surface area contributed by atoms with Crippen LogP contribution in [0.15, 0.2) is 48.5 Å². The van der Waals surface area contributed by atoms with Crippen LogP contribution in [0.25, 0.3) is 0 Å². The number of nitrogens with zero attached hydrogens (tertiary/aromatic N) is 2. The zero-order valence-electron chi connectivity index (χ0n) is 15.0. The molecule has 4 nitrogen and oxygen atoms in total. The molecule has 0 N–H and O–H groups in total. The number of carbonyl (C=O) groups excluding carboxylic acids is 2. The predicted molar refractivity (Wildman–Crippen MR) is 98.0 cm³/mol. The van der Waals surface area contributed by atoms with Crippen LogP contribution in [0.4, 0.5) is 0 Å². The Morgan fingerprint density at radius 1 is 1.04 bits per heavy atom. The van der Waals surface area contributed by atoms with E-state index in [1.54, 1.807) is 11.9 Å². The van der Waals surface area contributed by atoms with Gasteiger partial charge in [-0.15, -0.1) is 0 Å². The van der Waals surface area contributed by atoms with E-state index < -0.39 is 6.04 Å². The molecular weight excluding hydrogens is 312 g/mol. The number of carbonyl (C=O) groups is 2. The highest BCUT2D eigenvalue weighted by Crippen LogP contribution is 2.21. The van der Waals surface area contributed by atoms with Crippen LogP contribution >= 0.6 is 0 Å². The largest absolute Gasteiger partial charge is 0.335 e. The van der Waals surface area contributed by atoms with Gasteiger partial charge in [0.2, 0.25) is 11.8 Å². The van der Waals surface area contributed by atoms with Crippen LogP contribution in [0.1, 0.15) is 22.3 Å². The molecular formula is C21H24N2O2. The minimum atomic E-state index is -0.450. The summed E-state index contributed by atoms with van der Waals surface area (Å²) < 4.78 is 0. The second-order valence-electron chi connectivity index (χ2n) is 6.85. The van der Waals surface area contributed by atoms with Crippen molar-refractivity contribution >= 4 is 11.8 Å². The van der Waals surface area contributed by atoms with Gasteiger partial charge in [-0.3, -0.25) is 9.59 Å². The molecule has 1 atom stereocenters. The van der Waals surface area contributed by atoms with Gasteiger partial charge in [0.05, 0.1) is 6.54 Å². The lowest BCUT2D eigenvalue weighted by Gasteiger charge is -2.39. The van der Waals surface area contributed by atoms with E-state index in [1.807, 2.05) is 44.2 Å². The second kappa shape index (κ2) is 7.09. The van der Waals surface area contributed by atoms with Crippen molar-refractivity contribution in [1.82, 2.24) is 9.80 Å². The van der Waals surface area contributed by atoms with Gasteiger partial charge in [-0.1, -0.05) is 54.1 Å². The SMILES string of the molecule is Cc1ccc(C)c(CN2C(=O)CN(C)C(=O)[C@H]2Cc2ccccc2)c1. The van der Waals surface area contributed by atoms with Gasteiger partial charge in [0.15, 0.2) is 0 Å². The van der Waals surface area contributed by atoms with Crippen molar-refractivity contribution in [2.75, 3.05) is 13.6 Å². The number of benzene rings is 2. The van der Waals surface area contributed by atoms with Crippen LogP contribution in [-0.4, -0.2) is 41.2 Å². The summed E-state index contributed by atoms with van der Waals surface area (Å²) in [4.78, 5) is 28.7. The maximum absolute atomic E-state index is 12.8. The summed E-state index contributed by atoms with van der Waals surface area (Å²) in [5.41, 5.74) is 4.47. The van der Waals surface area contributed by atoms with E-state index >= 15 is 0 Å². The van der Waals surface area contributed by atoms with Crippen molar-refractivity contribution in [1.29, 1.82) is 0 Å². The Hall–Kier alpha value is -2.62. The zero-order valence-corrected chi connectivity index (χ0v) is 15.0. The van der Waals surface area contributed by atoms with Crippen LogP contribution in [0.3, 0.4) is 0 Å². The molecule has 25 heavy (non-hydrogen) atoms. The van der Waals surface area contributed by atoms with Crippen LogP contribution in [0.2, 0.25) is 0 Å². The van der Waals surface area contributed by atoms with Crippen LogP contribution in [0, 0.1) is 13.8 Å². The van der Waals surface area contributed by atoms with Crippen molar-refractivity contribution < 1.29 is 9.59 Å². The van der Waals surface area contributed by atoms with Gasteiger partial charge in [-0.05, 0) is 30.5 Å². The Labute approximate surface area is 149 Å². The molecule has 2 aromatic rings. The minimum Gasteiger partial charge on any atom is -0.335 e. The minimum absolute atomic E-state index is 0.00365. The highest BCUT2D eigenvalue weighted by Gasteiger charge is 2.37. The molecule has 0 bridgehead atoms. The van der Waals surface area contributed by atoms with Crippen molar-refractivity contribution in [3.05, 3.63) is 70.8 Å². The van der Waals surface area contributed by atoms with E-state index in [0.717, 1.165) is 22.3 Å². The van der Waals surface area contributed by atoms with Gasteiger partial charge >= 0.3 is 0 Å². The smallest absolute Gasteiger partial charge is 0.245 e. The third-order valence-electron chi connectivity index (χ3n) is 4.85. The Bertz CT molecular complexity index is 786. The molecule has 2 aromatic carbocycles. The fourth-order valence-electron chi connectivity index (χ4n) is 3.32. The Morgan fingerprint density at radius 2 is 1.76 bits per heavy atom. The Kier molecular flexibility index (Phi) is 4.88. The molecule has 2 amide bonds. The van der Waals surface area contributed by atoms with Gasteiger partial charge in [0.25, 0.3) is 0 Å². The molecule has 130 valence electrons. The summed E-state index contributed by atoms with van der Waals surface area (Å²) in [6.07, 6.45) is 0.542. The molecule has 1 fully saturated rings. The molecule has 0 radical (unpaired) electrons. The fourth-order valence-corrected chi connectivity index (χ4v) is 3.32. The lowest BCUT2D eigenvalue weighted by Crippen LogP contribution is -2.59. The molecule has 1 saturated heterocycles. The lowest BCUT2D eigenvalue weighted by molar-refractivity contribution is -0.155. The van der Waals surface area contributed by atoms with Gasteiger partial charge in [-0.25, -0.2) is 0 Å². The summed E-state index contributed by atoms with van der Waals surface area (Å²) in [5.74, 6) is 0.0118. The van der Waals surface area contributed by atoms with Crippen molar-refractivity contribution in [2.24, 2.45) is 0 Å². The van der Waals surface area contributed by atoms with Gasteiger partial charge in [0, 0.05) is 20.0 Å². The van der Waals surface area contributed by atoms with Crippen molar-refractivity contribution in [3.63, 3.8) is 0 Å². The number of likely N-dealkylation sites (N-methyl/N-ethyl adjacent to an activating group) is 1. The predicted octanol–water partition coefficient (Wildman–Crippen LogP) is 2.72. The number of hydrogen-bond donors (Lipinski definition) is 0. The summed E-state index contributed by atoms with van der Waals surface area (Å²) in [6, 6.07) is 15.7. The second-order valence-corrected chi connectivity index (χ2v) is 6.85. The van der Waals surface area contributed by atoms with E-state index in [4.69, 9.17) is 0 Å². The van der Waals surface area contributed by atoms with Crippen LogP contribution < -0.4 is 0 Å². The van der Waals surface area contributed by atoms with E-state index in [9.17, 15) is 9.59 Å². The molecule has 0 unspecified atom stereocenters. The standard InChI is InChI=1S/C21H24N2O2/c1-15-9-10-16(2)18(11-15)13-23-19(12-17-7-5-4-6-8-17)21(25)22(3)14-20(23)24/h4-11,19H,12-14H2,1-3H3/t19-/m1/s1.